The van der Waals surface area contributed by atoms with Gasteiger partial charge >= 0.3 is 0 Å². The normalized spacial score (nSPS) is 26.4. The van der Waals surface area contributed by atoms with E-state index in [1.807, 2.05) is 0 Å². The molecule has 1 aliphatic carbocycles. The Morgan fingerprint density at radius 3 is 2.72 bits per heavy atom. The number of hydrogen-bond acceptors (Lipinski definition) is 4. The van der Waals surface area contributed by atoms with Crippen molar-refractivity contribution in [3.63, 3.8) is 0 Å². The third-order valence-electron chi connectivity index (χ3n) is 3.96. The lowest BCUT2D eigenvalue weighted by molar-refractivity contribution is -0.0767. The molecule has 1 atom stereocenters. The van der Waals surface area contributed by atoms with E-state index in [0.29, 0.717) is 6.04 Å². The molecule has 2 heterocycles. The zero-order valence-electron chi connectivity index (χ0n) is 10.4. The van der Waals surface area contributed by atoms with E-state index in [1.54, 1.807) is 12.4 Å². The number of aromatic nitrogens is 2. The van der Waals surface area contributed by atoms with Crippen molar-refractivity contribution in [1.29, 1.82) is 0 Å². The van der Waals surface area contributed by atoms with Gasteiger partial charge in [0.05, 0.1) is 10.1 Å². The molecule has 0 radical (unpaired) electrons. The van der Waals surface area contributed by atoms with E-state index in [2.05, 4.69) is 31.2 Å². The predicted molar refractivity (Wildman–Crippen MR) is 73.5 cm³/mol. The van der Waals surface area contributed by atoms with Crippen LogP contribution in [0.4, 0.5) is 5.95 Å². The molecule has 4 nitrogen and oxygen atoms in total. The minimum Gasteiger partial charge on any atom is -0.375 e. The largest absolute Gasteiger partial charge is 0.375 e. The van der Waals surface area contributed by atoms with Crippen molar-refractivity contribution in [1.82, 2.24) is 9.97 Å². The number of anilines is 1. The molecule has 0 amide bonds. The van der Waals surface area contributed by atoms with Crippen LogP contribution in [0, 0.1) is 0 Å². The summed E-state index contributed by atoms with van der Waals surface area (Å²) in [5.74, 6) is 0.721. The Labute approximate surface area is 116 Å². The fraction of sp³-hybridized carbons (Fsp3) is 0.692. The molecule has 2 fully saturated rings. The molecule has 3 rings (SSSR count). The van der Waals surface area contributed by atoms with Gasteiger partial charge in [-0.15, -0.1) is 0 Å². The maximum Gasteiger partial charge on any atom is 0.222 e. The van der Waals surface area contributed by atoms with Crippen LogP contribution in [0.25, 0.3) is 0 Å². The minimum absolute atomic E-state index is 0.144. The molecule has 1 saturated heterocycles. The van der Waals surface area contributed by atoms with Gasteiger partial charge in [-0.05, 0) is 41.6 Å². The van der Waals surface area contributed by atoms with E-state index < -0.39 is 0 Å². The number of ether oxygens (including phenoxy) is 1. The van der Waals surface area contributed by atoms with Gasteiger partial charge in [-0.25, -0.2) is 9.97 Å². The van der Waals surface area contributed by atoms with Crippen LogP contribution in [0.1, 0.15) is 38.5 Å². The van der Waals surface area contributed by atoms with Gasteiger partial charge in [0.25, 0.3) is 0 Å². The molecule has 2 aliphatic rings. The highest BCUT2D eigenvalue weighted by Gasteiger charge is 2.39. The van der Waals surface area contributed by atoms with E-state index in [4.69, 9.17) is 4.74 Å². The molecule has 0 aromatic carbocycles. The zero-order chi connectivity index (χ0) is 12.4. The fourth-order valence-electron chi connectivity index (χ4n) is 3.09. The number of nitrogens with zero attached hydrogens (tertiary/aromatic N) is 2. The highest BCUT2D eigenvalue weighted by Crippen LogP contribution is 2.40. The Hall–Kier alpha value is -0.680. The van der Waals surface area contributed by atoms with Crippen LogP contribution < -0.4 is 5.32 Å². The van der Waals surface area contributed by atoms with Crippen molar-refractivity contribution in [3.8, 4) is 0 Å². The van der Waals surface area contributed by atoms with Gasteiger partial charge in [-0.1, -0.05) is 12.8 Å². The Kier molecular flexibility index (Phi) is 3.52. The quantitative estimate of drug-likeness (QED) is 0.911. The molecule has 1 aliphatic heterocycles. The van der Waals surface area contributed by atoms with Crippen molar-refractivity contribution in [2.75, 3.05) is 11.9 Å². The molecule has 1 spiro atoms. The minimum atomic E-state index is 0.144. The van der Waals surface area contributed by atoms with Gasteiger partial charge in [0, 0.05) is 25.0 Å². The van der Waals surface area contributed by atoms with Crippen molar-refractivity contribution in [2.24, 2.45) is 0 Å². The first-order chi connectivity index (χ1) is 8.76. The van der Waals surface area contributed by atoms with Gasteiger partial charge in [0.15, 0.2) is 0 Å². The molecular weight excluding hydrogens is 294 g/mol. The summed E-state index contributed by atoms with van der Waals surface area (Å²) in [7, 11) is 0. The van der Waals surface area contributed by atoms with Crippen molar-refractivity contribution >= 4 is 21.9 Å². The van der Waals surface area contributed by atoms with Crippen LogP contribution in [-0.2, 0) is 4.74 Å². The SMILES string of the molecule is Brc1cnc(N[C@H]2CCOC3(CCCC3)C2)nc1. The average Bonchev–Trinajstić information content (AvgIpc) is 2.80. The first-order valence-corrected chi connectivity index (χ1v) is 7.43. The van der Waals surface area contributed by atoms with Crippen LogP contribution in [0.2, 0.25) is 0 Å². The molecule has 1 aromatic rings. The highest BCUT2D eigenvalue weighted by atomic mass is 79.9. The lowest BCUT2D eigenvalue weighted by Gasteiger charge is -2.38. The predicted octanol–water partition coefficient (Wildman–Crippen LogP) is 3.14. The zero-order valence-corrected chi connectivity index (χ0v) is 11.9. The molecular formula is C13H18BrN3O. The van der Waals surface area contributed by atoms with Crippen molar-refractivity contribution in [3.05, 3.63) is 16.9 Å². The third kappa shape index (κ3) is 2.67. The van der Waals surface area contributed by atoms with Crippen LogP contribution in [0.15, 0.2) is 16.9 Å². The Morgan fingerprint density at radius 2 is 2.00 bits per heavy atom. The smallest absolute Gasteiger partial charge is 0.222 e. The summed E-state index contributed by atoms with van der Waals surface area (Å²) >= 11 is 3.35. The molecule has 5 heteroatoms. The summed E-state index contributed by atoms with van der Waals surface area (Å²) in [6, 6.07) is 0.443. The van der Waals surface area contributed by atoms with E-state index in [9.17, 15) is 0 Å². The first kappa shape index (κ1) is 12.4. The van der Waals surface area contributed by atoms with E-state index in [-0.39, 0.29) is 5.60 Å². The second-order valence-electron chi connectivity index (χ2n) is 5.30. The van der Waals surface area contributed by atoms with Gasteiger partial charge in [0.1, 0.15) is 0 Å². The third-order valence-corrected chi connectivity index (χ3v) is 4.37. The number of nitrogens with one attached hydrogen (secondary N) is 1. The van der Waals surface area contributed by atoms with Gasteiger partial charge in [-0.2, -0.15) is 0 Å². The summed E-state index contributed by atoms with van der Waals surface area (Å²) in [6.07, 6.45) is 10.7. The van der Waals surface area contributed by atoms with E-state index in [1.165, 1.54) is 25.7 Å². The molecule has 1 aromatic heterocycles. The van der Waals surface area contributed by atoms with E-state index >= 15 is 0 Å². The van der Waals surface area contributed by atoms with Gasteiger partial charge in [-0.3, -0.25) is 0 Å². The Balaban J connectivity index is 1.64. The number of hydrogen-bond donors (Lipinski definition) is 1. The second kappa shape index (κ2) is 5.13. The fourth-order valence-corrected chi connectivity index (χ4v) is 3.29. The standard InChI is InChI=1S/C13H18BrN3O/c14-10-8-15-12(16-9-10)17-11-3-6-18-13(7-11)4-1-2-5-13/h8-9,11H,1-7H2,(H,15,16,17)/t11-/m0/s1. The number of rotatable bonds is 2. The summed E-state index contributed by atoms with van der Waals surface area (Å²) in [5.41, 5.74) is 0.144. The molecule has 0 bridgehead atoms. The monoisotopic (exact) mass is 311 g/mol. The van der Waals surface area contributed by atoms with Crippen LogP contribution in [0.3, 0.4) is 0 Å². The van der Waals surface area contributed by atoms with Crippen LogP contribution >= 0.6 is 15.9 Å². The Bertz CT molecular complexity index is 403. The molecule has 1 N–H and O–H groups in total. The summed E-state index contributed by atoms with van der Waals surface area (Å²) in [6.45, 7) is 0.855. The summed E-state index contributed by atoms with van der Waals surface area (Å²) in [4.78, 5) is 8.56. The Morgan fingerprint density at radius 1 is 1.28 bits per heavy atom. The van der Waals surface area contributed by atoms with Gasteiger partial charge < -0.3 is 10.1 Å². The van der Waals surface area contributed by atoms with Crippen LogP contribution in [0.5, 0.6) is 0 Å². The summed E-state index contributed by atoms with van der Waals surface area (Å²) < 4.78 is 6.93. The molecule has 1 saturated carbocycles. The van der Waals surface area contributed by atoms with Crippen LogP contribution in [-0.4, -0.2) is 28.2 Å². The lowest BCUT2D eigenvalue weighted by atomic mass is 9.89. The topological polar surface area (TPSA) is 47.0 Å². The van der Waals surface area contributed by atoms with Crippen molar-refractivity contribution < 1.29 is 4.74 Å². The average molecular weight is 312 g/mol. The van der Waals surface area contributed by atoms with Gasteiger partial charge in [0.2, 0.25) is 5.95 Å². The van der Waals surface area contributed by atoms with E-state index in [0.717, 1.165) is 29.9 Å². The molecule has 0 unspecified atom stereocenters. The first-order valence-electron chi connectivity index (χ1n) is 6.64. The maximum absolute atomic E-state index is 6.03. The number of halogens is 1. The molecule has 98 valence electrons. The lowest BCUT2D eigenvalue weighted by Crippen LogP contribution is -2.42. The second-order valence-corrected chi connectivity index (χ2v) is 6.21. The van der Waals surface area contributed by atoms with Crippen molar-refractivity contribution in [2.45, 2.75) is 50.2 Å². The summed E-state index contributed by atoms with van der Waals surface area (Å²) in [5, 5.41) is 3.44. The maximum atomic E-state index is 6.03. The highest BCUT2D eigenvalue weighted by molar-refractivity contribution is 9.10. The molecule has 18 heavy (non-hydrogen) atoms.